The average molecular weight is 292 g/mol. The second kappa shape index (κ2) is 7.72. The van der Waals surface area contributed by atoms with Crippen molar-refractivity contribution in [2.24, 2.45) is 0 Å². The van der Waals surface area contributed by atoms with Gasteiger partial charge in [0.2, 0.25) is 0 Å². The zero-order valence-electron chi connectivity index (χ0n) is 10.3. The van der Waals surface area contributed by atoms with Gasteiger partial charge in [0.1, 0.15) is 18.2 Å². The summed E-state index contributed by atoms with van der Waals surface area (Å²) in [6.45, 7) is -2.18. The fraction of sp³-hybridized carbons (Fsp3) is 0.385. The lowest BCUT2D eigenvalue weighted by atomic mass is 10.2. The summed E-state index contributed by atoms with van der Waals surface area (Å²) in [7, 11) is 0. The normalized spacial score (nSPS) is 10.8. The minimum atomic E-state index is -4.43. The molecule has 0 saturated carbocycles. The third kappa shape index (κ3) is 6.41. The molecule has 110 valence electrons. The second-order valence-corrected chi connectivity index (χ2v) is 3.64. The van der Waals surface area contributed by atoms with Crippen LogP contribution in [0.2, 0.25) is 0 Å². The van der Waals surface area contributed by atoms with Crippen LogP contribution < -0.4 is 4.74 Å². The maximum absolute atomic E-state index is 13.5. The Labute approximate surface area is 113 Å². The summed E-state index contributed by atoms with van der Waals surface area (Å²) >= 11 is 0. The minimum Gasteiger partial charge on any atom is -0.467 e. The number of alkyl halides is 3. The van der Waals surface area contributed by atoms with Crippen LogP contribution in [0.1, 0.15) is 12.0 Å². The van der Waals surface area contributed by atoms with Gasteiger partial charge in [0.05, 0.1) is 12.2 Å². The molecule has 0 aromatic heterocycles. The molecule has 0 saturated heterocycles. The van der Waals surface area contributed by atoms with E-state index in [0.717, 1.165) is 6.07 Å². The molecule has 20 heavy (non-hydrogen) atoms. The van der Waals surface area contributed by atoms with Crippen molar-refractivity contribution in [3.63, 3.8) is 0 Å². The molecule has 1 rings (SSSR count). The predicted molar refractivity (Wildman–Crippen MR) is 62.5 cm³/mol. The van der Waals surface area contributed by atoms with E-state index < -0.39 is 25.4 Å². The molecule has 3 nitrogen and oxygen atoms in total. The molecule has 7 heteroatoms. The van der Waals surface area contributed by atoms with Crippen molar-refractivity contribution in [2.75, 3.05) is 20.0 Å². The number of hydrogen-bond acceptors (Lipinski definition) is 3. The van der Waals surface area contributed by atoms with Gasteiger partial charge >= 0.3 is 6.18 Å². The van der Waals surface area contributed by atoms with Gasteiger partial charge in [0.15, 0.2) is 6.79 Å². The molecule has 1 aromatic rings. The van der Waals surface area contributed by atoms with E-state index in [9.17, 15) is 17.6 Å². The number of rotatable bonds is 5. The molecule has 0 aliphatic carbocycles. The van der Waals surface area contributed by atoms with E-state index in [1.165, 1.54) is 12.1 Å². The highest BCUT2D eigenvalue weighted by Gasteiger charge is 2.27. The van der Waals surface area contributed by atoms with E-state index in [1.807, 2.05) is 0 Å². The van der Waals surface area contributed by atoms with Crippen LogP contribution in [0.5, 0.6) is 5.75 Å². The highest BCUT2D eigenvalue weighted by atomic mass is 19.4. The lowest BCUT2D eigenvalue weighted by Gasteiger charge is -2.09. The average Bonchev–Trinajstić information content (AvgIpc) is 2.36. The van der Waals surface area contributed by atoms with Crippen molar-refractivity contribution in [3.05, 3.63) is 29.6 Å². The van der Waals surface area contributed by atoms with Gasteiger partial charge < -0.3 is 14.6 Å². The van der Waals surface area contributed by atoms with Gasteiger partial charge in [-0.3, -0.25) is 0 Å². The van der Waals surface area contributed by atoms with Crippen molar-refractivity contribution in [3.8, 4) is 17.6 Å². The monoisotopic (exact) mass is 292 g/mol. The van der Waals surface area contributed by atoms with Crippen molar-refractivity contribution < 1.29 is 32.1 Å². The summed E-state index contributed by atoms with van der Waals surface area (Å²) in [5.74, 6) is 4.43. The number of ether oxygens (including phenoxy) is 2. The van der Waals surface area contributed by atoms with E-state index in [-0.39, 0.29) is 24.3 Å². The van der Waals surface area contributed by atoms with Crippen molar-refractivity contribution in [1.82, 2.24) is 0 Å². The number of aliphatic hydroxyl groups excluding tert-OH is 1. The summed E-state index contributed by atoms with van der Waals surface area (Å²) in [6, 6.07) is 3.70. The van der Waals surface area contributed by atoms with E-state index in [2.05, 4.69) is 16.6 Å². The Morgan fingerprint density at radius 2 is 2.00 bits per heavy atom. The molecule has 1 aromatic carbocycles. The highest BCUT2D eigenvalue weighted by molar-refractivity contribution is 5.39. The third-order valence-electron chi connectivity index (χ3n) is 1.98. The maximum Gasteiger partial charge on any atom is 0.411 e. The van der Waals surface area contributed by atoms with Gasteiger partial charge in [-0.1, -0.05) is 11.8 Å². The summed E-state index contributed by atoms with van der Waals surface area (Å²) in [6.07, 6.45) is -4.20. The summed E-state index contributed by atoms with van der Waals surface area (Å²) in [5.41, 5.74) is 0.113. The first kappa shape index (κ1) is 16.3. The Kier molecular flexibility index (Phi) is 6.28. The molecule has 0 atom stereocenters. The van der Waals surface area contributed by atoms with Crippen molar-refractivity contribution >= 4 is 0 Å². The zero-order valence-corrected chi connectivity index (χ0v) is 10.3. The zero-order chi connectivity index (χ0) is 15.0. The highest BCUT2D eigenvalue weighted by Crippen LogP contribution is 2.17. The van der Waals surface area contributed by atoms with Gasteiger partial charge in [0, 0.05) is 12.5 Å². The lowest BCUT2D eigenvalue weighted by Crippen LogP contribution is -2.19. The standard InChI is InChI=1S/C13H12F4O3/c14-12-7-11(20-9-19-8-13(15,16)17)5-4-10(12)3-1-2-6-18/h4-5,7,18H,2,6,8-9H2. The molecular formula is C13H12F4O3. The topological polar surface area (TPSA) is 38.7 Å². The fourth-order valence-electron chi connectivity index (χ4n) is 1.17. The minimum absolute atomic E-state index is 0.0392. The van der Waals surface area contributed by atoms with Crippen LogP contribution in [0.3, 0.4) is 0 Å². The number of halogens is 4. The predicted octanol–water partition coefficient (Wildman–Crippen LogP) is 2.47. The maximum atomic E-state index is 13.5. The molecule has 0 aliphatic heterocycles. The van der Waals surface area contributed by atoms with Gasteiger partial charge in [-0.2, -0.15) is 13.2 Å². The van der Waals surface area contributed by atoms with Crippen LogP contribution >= 0.6 is 0 Å². The molecule has 0 aliphatic rings. The first-order chi connectivity index (χ1) is 9.42. The lowest BCUT2D eigenvalue weighted by molar-refractivity contribution is -0.186. The molecular weight excluding hydrogens is 280 g/mol. The van der Waals surface area contributed by atoms with Crippen molar-refractivity contribution in [1.29, 1.82) is 0 Å². The van der Waals surface area contributed by atoms with E-state index in [1.54, 1.807) is 0 Å². The summed E-state index contributed by atoms with van der Waals surface area (Å²) in [5, 5.41) is 8.53. The Morgan fingerprint density at radius 3 is 2.60 bits per heavy atom. The number of aliphatic hydroxyl groups is 1. The molecule has 0 radical (unpaired) electrons. The van der Waals surface area contributed by atoms with E-state index in [4.69, 9.17) is 9.84 Å². The van der Waals surface area contributed by atoms with Gasteiger partial charge in [-0.15, -0.1) is 0 Å². The van der Waals surface area contributed by atoms with Crippen LogP contribution in [0.25, 0.3) is 0 Å². The second-order valence-electron chi connectivity index (χ2n) is 3.64. The first-order valence-electron chi connectivity index (χ1n) is 5.59. The van der Waals surface area contributed by atoms with E-state index in [0.29, 0.717) is 0 Å². The fourth-order valence-corrected chi connectivity index (χ4v) is 1.17. The summed E-state index contributed by atoms with van der Waals surface area (Å²) in [4.78, 5) is 0. The quantitative estimate of drug-likeness (QED) is 0.392. The van der Waals surface area contributed by atoms with Crippen molar-refractivity contribution in [2.45, 2.75) is 12.6 Å². The molecule has 0 fully saturated rings. The van der Waals surface area contributed by atoms with Crippen LogP contribution in [0.15, 0.2) is 18.2 Å². The van der Waals surface area contributed by atoms with Gasteiger partial charge in [-0.05, 0) is 12.1 Å². The number of benzene rings is 1. The third-order valence-corrected chi connectivity index (χ3v) is 1.98. The molecule has 0 unspecified atom stereocenters. The molecule has 0 amide bonds. The van der Waals surface area contributed by atoms with Crippen LogP contribution in [-0.2, 0) is 4.74 Å². The Bertz CT molecular complexity index is 489. The Balaban J connectivity index is 2.50. The van der Waals surface area contributed by atoms with Crippen LogP contribution in [0, 0.1) is 17.7 Å². The Hall–Kier alpha value is -1.78. The van der Waals surface area contributed by atoms with Crippen LogP contribution in [-0.4, -0.2) is 31.3 Å². The first-order valence-corrected chi connectivity index (χ1v) is 5.59. The largest absolute Gasteiger partial charge is 0.467 e. The van der Waals surface area contributed by atoms with Gasteiger partial charge in [-0.25, -0.2) is 4.39 Å². The Morgan fingerprint density at radius 1 is 1.25 bits per heavy atom. The molecule has 0 spiro atoms. The smallest absolute Gasteiger partial charge is 0.411 e. The van der Waals surface area contributed by atoms with Gasteiger partial charge in [0.25, 0.3) is 0 Å². The molecule has 0 heterocycles. The van der Waals surface area contributed by atoms with Crippen LogP contribution in [0.4, 0.5) is 17.6 Å². The summed E-state index contributed by atoms with van der Waals surface area (Å²) < 4.78 is 57.9. The number of hydrogen-bond donors (Lipinski definition) is 1. The molecule has 1 N–H and O–H groups in total. The van der Waals surface area contributed by atoms with E-state index >= 15 is 0 Å². The molecule has 0 bridgehead atoms. The SMILES string of the molecule is OCCC#Cc1ccc(OCOCC(F)(F)F)cc1F.